The van der Waals surface area contributed by atoms with Crippen LogP contribution in [-0.2, 0) is 6.42 Å². The van der Waals surface area contributed by atoms with Gasteiger partial charge in [0.25, 0.3) is 0 Å². The molecule has 18 heavy (non-hydrogen) atoms. The van der Waals surface area contributed by atoms with E-state index in [9.17, 15) is 0 Å². The summed E-state index contributed by atoms with van der Waals surface area (Å²) in [5.74, 6) is 0.859. The van der Waals surface area contributed by atoms with Crippen LogP contribution >= 0.6 is 0 Å². The summed E-state index contributed by atoms with van der Waals surface area (Å²) in [5.41, 5.74) is 8.76. The number of hydrogen-bond donors (Lipinski definition) is 2. The molecule has 96 valence electrons. The molecule has 0 saturated carbocycles. The van der Waals surface area contributed by atoms with Gasteiger partial charge in [-0.25, -0.2) is 9.97 Å². The highest BCUT2D eigenvalue weighted by atomic mass is 14.9. The van der Waals surface area contributed by atoms with Gasteiger partial charge in [-0.3, -0.25) is 0 Å². The Bertz CT molecular complexity index is 509. The molecule has 0 aliphatic heterocycles. The van der Waals surface area contributed by atoms with Crippen LogP contribution in [-0.4, -0.2) is 20.5 Å². The first-order valence-electron chi connectivity index (χ1n) is 6.21. The summed E-state index contributed by atoms with van der Waals surface area (Å²) in [6.07, 6.45) is 3.58. The summed E-state index contributed by atoms with van der Waals surface area (Å²) < 4.78 is 0. The molecule has 0 aliphatic carbocycles. The van der Waals surface area contributed by atoms with Crippen LogP contribution in [0.3, 0.4) is 0 Å². The zero-order chi connectivity index (χ0) is 13.2. The van der Waals surface area contributed by atoms with Gasteiger partial charge >= 0.3 is 0 Å². The molecule has 0 amide bonds. The minimum absolute atomic E-state index is 0.181. The van der Waals surface area contributed by atoms with Gasteiger partial charge in [-0.2, -0.15) is 0 Å². The lowest BCUT2D eigenvalue weighted by atomic mass is 10.00. The lowest BCUT2D eigenvalue weighted by Crippen LogP contribution is -2.32. The Morgan fingerprint density at radius 2 is 2.11 bits per heavy atom. The van der Waals surface area contributed by atoms with Crippen molar-refractivity contribution in [2.75, 3.05) is 0 Å². The average Bonchev–Trinajstić information content (AvgIpc) is 2.78. The Hall–Kier alpha value is -1.68. The Morgan fingerprint density at radius 1 is 1.33 bits per heavy atom. The second-order valence-electron chi connectivity index (χ2n) is 5.38. The Balaban J connectivity index is 2.22. The monoisotopic (exact) mass is 244 g/mol. The predicted molar refractivity (Wildman–Crippen MR) is 73.1 cm³/mol. The van der Waals surface area contributed by atoms with E-state index >= 15 is 0 Å². The zero-order valence-corrected chi connectivity index (χ0v) is 11.2. The van der Waals surface area contributed by atoms with Gasteiger partial charge in [0.2, 0.25) is 0 Å². The van der Waals surface area contributed by atoms with Crippen LogP contribution in [0.2, 0.25) is 0 Å². The highest BCUT2D eigenvalue weighted by molar-refractivity contribution is 5.54. The van der Waals surface area contributed by atoms with Crippen LogP contribution in [0, 0.1) is 6.92 Å². The van der Waals surface area contributed by atoms with Gasteiger partial charge in [0.05, 0.1) is 11.4 Å². The molecule has 0 saturated heterocycles. The molecule has 4 heteroatoms. The van der Waals surface area contributed by atoms with E-state index in [2.05, 4.69) is 15.0 Å². The van der Waals surface area contributed by atoms with E-state index in [0.29, 0.717) is 0 Å². The van der Waals surface area contributed by atoms with Gasteiger partial charge in [0, 0.05) is 23.9 Å². The average molecular weight is 244 g/mol. The molecule has 0 aromatic carbocycles. The van der Waals surface area contributed by atoms with Gasteiger partial charge in [-0.15, -0.1) is 0 Å². The number of nitrogens with one attached hydrogen (secondary N) is 1. The maximum atomic E-state index is 5.99. The van der Waals surface area contributed by atoms with E-state index in [1.165, 1.54) is 0 Å². The van der Waals surface area contributed by atoms with Crippen molar-refractivity contribution >= 4 is 0 Å². The number of nitrogens with two attached hydrogens (primary N) is 1. The molecule has 2 heterocycles. The summed E-state index contributed by atoms with van der Waals surface area (Å²) in [7, 11) is 0. The van der Waals surface area contributed by atoms with Gasteiger partial charge < -0.3 is 10.7 Å². The smallest absolute Gasteiger partial charge is 0.129 e. The third kappa shape index (κ3) is 3.40. The zero-order valence-electron chi connectivity index (χ0n) is 11.2. The lowest BCUT2D eigenvalue weighted by Gasteiger charge is -2.17. The highest BCUT2D eigenvalue weighted by Crippen LogP contribution is 2.16. The molecule has 4 nitrogen and oxygen atoms in total. The molecule has 3 N–H and O–H groups in total. The highest BCUT2D eigenvalue weighted by Gasteiger charge is 2.12. The van der Waals surface area contributed by atoms with Crippen molar-refractivity contribution in [1.29, 1.82) is 0 Å². The second-order valence-corrected chi connectivity index (χ2v) is 5.38. The van der Waals surface area contributed by atoms with Crippen molar-refractivity contribution in [3.05, 3.63) is 35.9 Å². The van der Waals surface area contributed by atoms with Crippen LogP contribution in [0.15, 0.2) is 24.4 Å². The van der Waals surface area contributed by atoms with E-state index in [-0.39, 0.29) is 5.54 Å². The molecule has 0 radical (unpaired) electrons. The van der Waals surface area contributed by atoms with Crippen molar-refractivity contribution in [1.82, 2.24) is 15.0 Å². The van der Waals surface area contributed by atoms with Crippen molar-refractivity contribution in [3.63, 3.8) is 0 Å². The van der Waals surface area contributed by atoms with E-state index in [1.807, 2.05) is 45.2 Å². The molecule has 0 atom stereocenters. The first-order chi connectivity index (χ1) is 8.44. The van der Waals surface area contributed by atoms with Gasteiger partial charge in [-0.05, 0) is 45.4 Å². The summed E-state index contributed by atoms with van der Waals surface area (Å²) >= 11 is 0. The maximum Gasteiger partial charge on any atom is 0.129 e. The van der Waals surface area contributed by atoms with Gasteiger partial charge in [-0.1, -0.05) is 0 Å². The molecule has 0 fully saturated rings. The van der Waals surface area contributed by atoms with E-state index in [4.69, 9.17) is 5.73 Å². The lowest BCUT2D eigenvalue weighted by molar-refractivity contribution is 0.470. The number of nitrogens with zero attached hydrogens (tertiary/aromatic N) is 2. The Morgan fingerprint density at radius 3 is 2.72 bits per heavy atom. The normalized spacial score (nSPS) is 11.8. The first kappa shape index (κ1) is 12.8. The van der Waals surface area contributed by atoms with Crippen molar-refractivity contribution in [3.8, 4) is 11.4 Å². The second kappa shape index (κ2) is 4.90. The van der Waals surface area contributed by atoms with Crippen LogP contribution in [0.4, 0.5) is 0 Å². The van der Waals surface area contributed by atoms with Crippen LogP contribution in [0.25, 0.3) is 11.4 Å². The number of aromatic amines is 1. The number of aromatic nitrogens is 3. The molecule has 0 spiro atoms. The largest absolute Gasteiger partial charge is 0.360 e. The van der Waals surface area contributed by atoms with E-state index in [0.717, 1.165) is 35.7 Å². The fourth-order valence-corrected chi connectivity index (χ4v) is 1.80. The molecule has 0 bridgehead atoms. The quantitative estimate of drug-likeness (QED) is 0.868. The summed E-state index contributed by atoms with van der Waals surface area (Å²) in [6, 6.07) is 5.97. The van der Waals surface area contributed by atoms with E-state index < -0.39 is 0 Å². The Kier molecular flexibility index (Phi) is 3.48. The fourth-order valence-electron chi connectivity index (χ4n) is 1.80. The molecule has 2 aromatic heterocycles. The SMILES string of the molecule is Cc1cc(-c2ccc[nH]2)nc(CCC(C)(C)N)n1. The molecule has 2 rings (SSSR count). The van der Waals surface area contributed by atoms with Crippen LogP contribution in [0.1, 0.15) is 31.8 Å². The van der Waals surface area contributed by atoms with Crippen molar-refractivity contribution in [2.24, 2.45) is 5.73 Å². The summed E-state index contributed by atoms with van der Waals surface area (Å²) in [4.78, 5) is 12.2. The minimum Gasteiger partial charge on any atom is -0.360 e. The van der Waals surface area contributed by atoms with E-state index in [1.54, 1.807) is 0 Å². The predicted octanol–water partition coefficient (Wildman–Crippen LogP) is 2.45. The number of hydrogen-bond acceptors (Lipinski definition) is 3. The standard InChI is InChI=1S/C14H20N4/c1-10-9-12(11-5-4-8-16-11)18-13(17-10)6-7-14(2,3)15/h4-5,8-9,16H,6-7,15H2,1-3H3. The molecular formula is C14H20N4. The van der Waals surface area contributed by atoms with Crippen LogP contribution in [0.5, 0.6) is 0 Å². The van der Waals surface area contributed by atoms with Crippen LogP contribution < -0.4 is 5.73 Å². The third-order valence-electron chi connectivity index (χ3n) is 2.77. The maximum absolute atomic E-state index is 5.99. The summed E-state index contributed by atoms with van der Waals surface area (Å²) in [5, 5.41) is 0. The van der Waals surface area contributed by atoms with Crippen molar-refractivity contribution < 1.29 is 0 Å². The number of aryl methyl sites for hydroxylation is 2. The molecular weight excluding hydrogens is 224 g/mol. The number of rotatable bonds is 4. The minimum atomic E-state index is -0.181. The summed E-state index contributed by atoms with van der Waals surface area (Å²) in [6.45, 7) is 6.04. The van der Waals surface area contributed by atoms with Gasteiger partial charge in [0.15, 0.2) is 0 Å². The van der Waals surface area contributed by atoms with Gasteiger partial charge in [0.1, 0.15) is 5.82 Å². The topological polar surface area (TPSA) is 67.6 Å². The molecule has 2 aromatic rings. The third-order valence-corrected chi connectivity index (χ3v) is 2.77. The molecule has 0 unspecified atom stereocenters. The Labute approximate surface area is 108 Å². The fraction of sp³-hybridized carbons (Fsp3) is 0.429. The molecule has 0 aliphatic rings. The first-order valence-corrected chi connectivity index (χ1v) is 6.21. The van der Waals surface area contributed by atoms with Crippen molar-refractivity contribution in [2.45, 2.75) is 39.2 Å². The number of H-pyrrole nitrogens is 1.